The number of hydrogen-bond donors (Lipinski definition) is 1. The van der Waals surface area contributed by atoms with Gasteiger partial charge in [-0.25, -0.2) is 0 Å². The van der Waals surface area contributed by atoms with Gasteiger partial charge < -0.3 is 9.84 Å². The van der Waals surface area contributed by atoms with E-state index < -0.39 is 29.9 Å². The summed E-state index contributed by atoms with van der Waals surface area (Å²) < 4.78 is 5.27. The van der Waals surface area contributed by atoms with Gasteiger partial charge in [0.25, 0.3) is 0 Å². The van der Waals surface area contributed by atoms with Crippen molar-refractivity contribution in [2.24, 2.45) is 11.3 Å². The quantitative estimate of drug-likeness (QED) is 0.708. The molecule has 0 aliphatic rings. The maximum absolute atomic E-state index is 12.0. The number of rotatable bonds is 9. The lowest BCUT2D eigenvalue weighted by Gasteiger charge is -2.22. The number of Topliss-reactive ketones (excluding diaryl/α,β-unsaturated/α-hetero) is 2. The van der Waals surface area contributed by atoms with Crippen molar-refractivity contribution in [3.05, 3.63) is 35.9 Å². The van der Waals surface area contributed by atoms with Gasteiger partial charge in [-0.3, -0.25) is 14.4 Å². The molecule has 1 atom stereocenters. The summed E-state index contributed by atoms with van der Waals surface area (Å²) >= 11 is 0. The van der Waals surface area contributed by atoms with E-state index in [1.165, 1.54) is 0 Å². The van der Waals surface area contributed by atoms with E-state index >= 15 is 0 Å². The highest BCUT2D eigenvalue weighted by atomic mass is 16.5. The fraction of sp³-hybridized carbons (Fsp3) is 0.500. The predicted octanol–water partition coefficient (Wildman–Crippen LogP) is 2.87. The Morgan fingerprint density at radius 3 is 2.26 bits per heavy atom. The van der Waals surface area contributed by atoms with Crippen molar-refractivity contribution in [3.63, 3.8) is 0 Å². The highest BCUT2D eigenvalue weighted by Crippen LogP contribution is 2.26. The van der Waals surface area contributed by atoms with E-state index in [9.17, 15) is 19.5 Å². The lowest BCUT2D eigenvalue weighted by atomic mass is 9.82. The highest BCUT2D eigenvalue weighted by Gasteiger charge is 2.31. The first-order chi connectivity index (χ1) is 10.7. The van der Waals surface area contributed by atoms with Crippen LogP contribution in [0.3, 0.4) is 0 Å². The molecule has 0 saturated carbocycles. The summed E-state index contributed by atoms with van der Waals surface area (Å²) in [4.78, 5) is 35.1. The Kier molecular flexibility index (Phi) is 7.10. The van der Waals surface area contributed by atoms with Crippen molar-refractivity contribution in [1.29, 1.82) is 0 Å². The zero-order valence-corrected chi connectivity index (χ0v) is 13.9. The largest absolute Gasteiger partial charge is 0.481 e. The summed E-state index contributed by atoms with van der Waals surface area (Å²) in [6.45, 7) is 5.68. The molecule has 5 nitrogen and oxygen atoms in total. The molecule has 0 bridgehead atoms. The molecular weight excluding hydrogens is 296 g/mol. The van der Waals surface area contributed by atoms with Crippen LogP contribution in [0.1, 0.15) is 39.2 Å². The van der Waals surface area contributed by atoms with Crippen LogP contribution in [0.4, 0.5) is 0 Å². The fourth-order valence-corrected chi connectivity index (χ4v) is 2.18. The molecule has 0 aliphatic heterocycles. The van der Waals surface area contributed by atoms with Crippen molar-refractivity contribution in [2.75, 3.05) is 6.61 Å². The van der Waals surface area contributed by atoms with Crippen LogP contribution in [0, 0.1) is 11.3 Å². The minimum absolute atomic E-state index is 0.192. The van der Waals surface area contributed by atoms with Crippen LogP contribution in [-0.2, 0) is 25.7 Å². The van der Waals surface area contributed by atoms with Crippen LogP contribution in [0.2, 0.25) is 0 Å². The molecular formula is C18H24O5. The average molecular weight is 320 g/mol. The number of carboxylic acids is 1. The second-order valence-corrected chi connectivity index (χ2v) is 6.82. The normalized spacial score (nSPS) is 12.7. The van der Waals surface area contributed by atoms with Crippen LogP contribution < -0.4 is 0 Å². The van der Waals surface area contributed by atoms with E-state index in [2.05, 4.69) is 0 Å². The maximum Gasteiger partial charge on any atom is 0.314 e. The van der Waals surface area contributed by atoms with Gasteiger partial charge >= 0.3 is 5.97 Å². The van der Waals surface area contributed by atoms with Crippen LogP contribution >= 0.6 is 0 Å². The molecule has 126 valence electrons. The fourth-order valence-electron chi connectivity index (χ4n) is 2.18. The van der Waals surface area contributed by atoms with Crippen LogP contribution in [0.5, 0.6) is 0 Å². The molecule has 1 N–H and O–H groups in total. The highest BCUT2D eigenvalue weighted by molar-refractivity contribution is 6.07. The molecule has 1 aromatic carbocycles. The Morgan fingerprint density at radius 1 is 1.13 bits per heavy atom. The molecule has 0 heterocycles. The van der Waals surface area contributed by atoms with E-state index in [0.29, 0.717) is 0 Å². The van der Waals surface area contributed by atoms with Crippen molar-refractivity contribution in [1.82, 2.24) is 0 Å². The first-order valence-electron chi connectivity index (χ1n) is 7.58. The molecule has 0 radical (unpaired) electrons. The Labute approximate surface area is 136 Å². The third-order valence-corrected chi connectivity index (χ3v) is 3.25. The van der Waals surface area contributed by atoms with Gasteiger partial charge in [0, 0.05) is 0 Å². The smallest absolute Gasteiger partial charge is 0.314 e. The molecule has 1 aromatic rings. The lowest BCUT2D eigenvalue weighted by Crippen LogP contribution is -2.30. The maximum atomic E-state index is 12.0. The number of carboxylic acid groups (broad SMARTS) is 1. The van der Waals surface area contributed by atoms with Gasteiger partial charge in [0.15, 0.2) is 11.6 Å². The second-order valence-electron chi connectivity index (χ2n) is 6.82. The minimum Gasteiger partial charge on any atom is -0.481 e. The van der Waals surface area contributed by atoms with E-state index in [1.54, 1.807) is 0 Å². The van der Waals surface area contributed by atoms with Gasteiger partial charge in [-0.05, 0) is 17.4 Å². The first kappa shape index (κ1) is 19.0. The van der Waals surface area contributed by atoms with Gasteiger partial charge in [0.05, 0.1) is 13.0 Å². The molecule has 1 unspecified atom stereocenters. The molecule has 0 fully saturated rings. The van der Waals surface area contributed by atoms with Crippen molar-refractivity contribution in [3.8, 4) is 0 Å². The minimum atomic E-state index is -1.18. The molecule has 0 aliphatic carbocycles. The average Bonchev–Trinajstić information content (AvgIpc) is 2.44. The van der Waals surface area contributed by atoms with Gasteiger partial charge in [-0.1, -0.05) is 51.1 Å². The van der Waals surface area contributed by atoms with E-state index in [4.69, 9.17) is 4.74 Å². The third-order valence-electron chi connectivity index (χ3n) is 3.25. The number of hydrogen-bond acceptors (Lipinski definition) is 4. The van der Waals surface area contributed by atoms with Crippen molar-refractivity contribution in [2.45, 2.75) is 40.2 Å². The molecule has 1 rings (SSSR count). The second kappa shape index (κ2) is 8.58. The molecule has 0 amide bonds. The number of carbonyl (C=O) groups is 3. The molecule has 0 spiro atoms. The number of benzene rings is 1. The predicted molar refractivity (Wildman–Crippen MR) is 85.9 cm³/mol. The Bertz CT molecular complexity index is 542. The lowest BCUT2D eigenvalue weighted by molar-refractivity contribution is -0.148. The van der Waals surface area contributed by atoms with Gasteiger partial charge in [0.2, 0.25) is 0 Å². The van der Waals surface area contributed by atoms with E-state index in [0.717, 1.165) is 5.56 Å². The first-order valence-corrected chi connectivity index (χ1v) is 7.58. The summed E-state index contributed by atoms with van der Waals surface area (Å²) in [5.74, 6) is -3.28. The molecule has 0 aromatic heterocycles. The number of carbonyl (C=O) groups excluding carboxylic acids is 2. The van der Waals surface area contributed by atoms with Crippen LogP contribution in [0.15, 0.2) is 30.3 Å². The van der Waals surface area contributed by atoms with Gasteiger partial charge in [-0.2, -0.15) is 0 Å². The third kappa shape index (κ3) is 7.70. The van der Waals surface area contributed by atoms with Crippen LogP contribution in [0.25, 0.3) is 0 Å². The molecule has 0 saturated heterocycles. The summed E-state index contributed by atoms with van der Waals surface area (Å²) in [5.41, 5.74) is 0.633. The number of ether oxygens (including phenoxy) is 1. The summed E-state index contributed by atoms with van der Waals surface area (Å²) in [5, 5.41) is 9.18. The number of ketones is 2. The summed E-state index contributed by atoms with van der Waals surface area (Å²) in [6.07, 6.45) is -0.193. The van der Waals surface area contributed by atoms with Crippen LogP contribution in [-0.4, -0.2) is 29.2 Å². The number of aliphatic carboxylic acids is 1. The summed E-state index contributed by atoms with van der Waals surface area (Å²) in [7, 11) is 0. The summed E-state index contributed by atoms with van der Waals surface area (Å²) in [6, 6.07) is 9.37. The van der Waals surface area contributed by atoms with Crippen molar-refractivity contribution < 1.29 is 24.2 Å². The molecule has 5 heteroatoms. The van der Waals surface area contributed by atoms with Gasteiger partial charge in [-0.15, -0.1) is 0 Å². The Morgan fingerprint density at radius 2 is 1.74 bits per heavy atom. The van der Waals surface area contributed by atoms with E-state index in [-0.39, 0.29) is 25.0 Å². The van der Waals surface area contributed by atoms with Crippen molar-refractivity contribution >= 4 is 17.5 Å². The van der Waals surface area contributed by atoms with E-state index in [1.807, 2.05) is 51.1 Å². The topological polar surface area (TPSA) is 80.7 Å². The standard InChI is InChI=1S/C18H24O5/c1-18(2,3)10-15(17(21)22)16(20)9-14(19)12-23-11-13-7-5-4-6-8-13/h4-8,15H,9-12H2,1-3H3,(H,21,22). The monoisotopic (exact) mass is 320 g/mol. The molecule has 23 heavy (non-hydrogen) atoms. The SMILES string of the molecule is CC(C)(C)CC(C(=O)O)C(=O)CC(=O)COCc1ccccc1. The Balaban J connectivity index is 2.45. The zero-order valence-electron chi connectivity index (χ0n) is 13.9. The zero-order chi connectivity index (χ0) is 17.5. The Hall–Kier alpha value is -2.01. The van der Waals surface area contributed by atoms with Gasteiger partial charge in [0.1, 0.15) is 12.5 Å².